The molecule has 7 nitrogen and oxygen atoms in total. The summed E-state index contributed by atoms with van der Waals surface area (Å²) >= 11 is 0. The van der Waals surface area contributed by atoms with Gasteiger partial charge in [-0.05, 0) is 13.8 Å². The summed E-state index contributed by atoms with van der Waals surface area (Å²) in [6, 6.07) is 0. The number of morpholine rings is 1. The van der Waals surface area contributed by atoms with Gasteiger partial charge in [-0.25, -0.2) is 4.98 Å². The van der Waals surface area contributed by atoms with Crippen LogP contribution in [0.3, 0.4) is 0 Å². The van der Waals surface area contributed by atoms with Crippen LogP contribution in [0.2, 0.25) is 0 Å². The first kappa shape index (κ1) is 13.0. The van der Waals surface area contributed by atoms with E-state index in [-0.39, 0.29) is 11.7 Å². The molecule has 0 aliphatic carbocycles. The van der Waals surface area contributed by atoms with Gasteiger partial charge in [0.05, 0.1) is 24.9 Å². The molecule has 2 aromatic heterocycles. The summed E-state index contributed by atoms with van der Waals surface area (Å²) in [4.78, 5) is 10.9. The van der Waals surface area contributed by atoms with Gasteiger partial charge in [0.25, 0.3) is 5.71 Å². The van der Waals surface area contributed by atoms with Gasteiger partial charge in [-0.3, -0.25) is 0 Å². The highest BCUT2D eigenvalue weighted by molar-refractivity contribution is 5.87. The molecular weight excluding hydrogens is 272 g/mol. The van der Waals surface area contributed by atoms with Crippen LogP contribution in [0.1, 0.15) is 19.0 Å². The van der Waals surface area contributed by atoms with Crippen LogP contribution in [-0.2, 0) is 9.47 Å². The molecule has 0 amide bonds. The molecule has 0 radical (unpaired) electrons. The Morgan fingerprint density at radius 1 is 1.38 bits per heavy atom. The van der Waals surface area contributed by atoms with Gasteiger partial charge in [-0.2, -0.15) is 4.98 Å². The molecular formula is C14H18N4O3. The van der Waals surface area contributed by atoms with Crippen LogP contribution in [0.4, 0.5) is 5.82 Å². The van der Waals surface area contributed by atoms with E-state index >= 15 is 0 Å². The molecule has 4 heterocycles. The summed E-state index contributed by atoms with van der Waals surface area (Å²) in [5.74, 6) is 0.875. The van der Waals surface area contributed by atoms with Gasteiger partial charge in [-0.1, -0.05) is 5.16 Å². The molecule has 0 aromatic carbocycles. The third kappa shape index (κ3) is 2.08. The predicted molar refractivity (Wildman–Crippen MR) is 75.3 cm³/mol. The summed E-state index contributed by atoms with van der Waals surface area (Å²) in [6.07, 6.45) is 2.58. The molecule has 2 fully saturated rings. The van der Waals surface area contributed by atoms with Gasteiger partial charge in [-0.15, -0.1) is 0 Å². The van der Waals surface area contributed by atoms with Crippen molar-refractivity contribution in [3.63, 3.8) is 0 Å². The van der Waals surface area contributed by atoms with Crippen LogP contribution in [0.15, 0.2) is 10.9 Å². The van der Waals surface area contributed by atoms with E-state index in [1.807, 2.05) is 6.92 Å². The van der Waals surface area contributed by atoms with Crippen molar-refractivity contribution in [2.75, 3.05) is 31.2 Å². The van der Waals surface area contributed by atoms with E-state index < -0.39 is 0 Å². The summed E-state index contributed by atoms with van der Waals surface area (Å²) in [7, 11) is 0. The lowest BCUT2D eigenvalue weighted by molar-refractivity contribution is -0.0990. The van der Waals surface area contributed by atoms with Crippen molar-refractivity contribution in [2.45, 2.75) is 32.0 Å². The van der Waals surface area contributed by atoms with E-state index in [0.717, 1.165) is 43.0 Å². The first-order valence-electron chi connectivity index (χ1n) is 7.24. The molecule has 0 N–H and O–H groups in total. The largest absolute Gasteiger partial charge is 0.378 e. The molecule has 0 unspecified atom stereocenters. The average Bonchev–Trinajstić information content (AvgIpc) is 3.06. The Hall–Kier alpha value is -1.73. The second-order valence-electron chi connectivity index (χ2n) is 5.94. The highest BCUT2D eigenvalue weighted by Gasteiger charge is 2.43. The number of rotatable bonds is 1. The number of hydrogen-bond donors (Lipinski definition) is 0. The minimum absolute atomic E-state index is 0.130. The van der Waals surface area contributed by atoms with Gasteiger partial charge in [0.15, 0.2) is 0 Å². The van der Waals surface area contributed by atoms with Crippen molar-refractivity contribution in [3.8, 4) is 0 Å². The summed E-state index contributed by atoms with van der Waals surface area (Å²) in [6.45, 7) is 6.96. The maximum atomic E-state index is 6.16. The number of aromatic nitrogens is 3. The lowest BCUT2D eigenvalue weighted by Crippen LogP contribution is -2.55. The molecule has 2 aliphatic heterocycles. The standard InChI is InChI=1S/C14H18N4O3/c1-9-5-18(6-14(20-9)3-4-19-7-14)12-11-10(2)17-21-13(11)16-8-15-12/h8-9H,3-7H2,1-2H3/t9-,14+/m0/s1. The average molecular weight is 290 g/mol. The molecule has 0 bridgehead atoms. The van der Waals surface area contributed by atoms with E-state index in [0.29, 0.717) is 12.3 Å². The SMILES string of the molecule is Cc1noc2ncnc(N3C[C@H](C)O[C@]4(CCOC4)C3)c12. The summed E-state index contributed by atoms with van der Waals surface area (Å²) in [5.41, 5.74) is 1.13. The minimum atomic E-state index is -0.222. The van der Waals surface area contributed by atoms with Crippen molar-refractivity contribution >= 4 is 16.9 Å². The van der Waals surface area contributed by atoms with Crippen LogP contribution < -0.4 is 4.90 Å². The number of aryl methyl sites for hydroxylation is 1. The van der Waals surface area contributed by atoms with E-state index in [2.05, 4.69) is 26.9 Å². The van der Waals surface area contributed by atoms with E-state index in [4.69, 9.17) is 14.0 Å². The van der Waals surface area contributed by atoms with Crippen molar-refractivity contribution in [2.24, 2.45) is 0 Å². The molecule has 4 rings (SSSR count). The number of hydrogen-bond acceptors (Lipinski definition) is 7. The van der Waals surface area contributed by atoms with Crippen LogP contribution in [0.25, 0.3) is 11.1 Å². The van der Waals surface area contributed by atoms with Gasteiger partial charge in [0, 0.05) is 19.6 Å². The Balaban J connectivity index is 1.75. The number of anilines is 1. The van der Waals surface area contributed by atoms with Crippen LogP contribution in [0, 0.1) is 6.92 Å². The quantitative estimate of drug-likeness (QED) is 0.784. The normalized spacial score (nSPS) is 29.6. The Kier molecular flexibility index (Phi) is 2.87. The predicted octanol–water partition coefficient (Wildman–Crippen LogP) is 1.31. The van der Waals surface area contributed by atoms with Crippen LogP contribution in [-0.4, -0.2) is 53.1 Å². The molecule has 112 valence electrons. The third-order valence-corrected chi connectivity index (χ3v) is 4.20. The fraction of sp³-hybridized carbons (Fsp3) is 0.643. The topological polar surface area (TPSA) is 73.5 Å². The van der Waals surface area contributed by atoms with Crippen molar-refractivity contribution in [1.29, 1.82) is 0 Å². The Morgan fingerprint density at radius 3 is 3.10 bits per heavy atom. The minimum Gasteiger partial charge on any atom is -0.378 e. The van der Waals surface area contributed by atoms with Crippen LogP contribution in [0.5, 0.6) is 0 Å². The Labute approximate surface area is 122 Å². The molecule has 2 aromatic rings. The van der Waals surface area contributed by atoms with Gasteiger partial charge in [0.2, 0.25) is 0 Å². The molecule has 0 saturated carbocycles. The van der Waals surface area contributed by atoms with Gasteiger partial charge in [0.1, 0.15) is 23.1 Å². The first-order valence-corrected chi connectivity index (χ1v) is 7.24. The maximum absolute atomic E-state index is 6.16. The second-order valence-corrected chi connectivity index (χ2v) is 5.94. The Morgan fingerprint density at radius 2 is 2.29 bits per heavy atom. The zero-order valence-corrected chi connectivity index (χ0v) is 12.2. The smallest absolute Gasteiger partial charge is 0.263 e. The maximum Gasteiger partial charge on any atom is 0.263 e. The molecule has 2 aliphatic rings. The molecule has 21 heavy (non-hydrogen) atoms. The number of nitrogens with zero attached hydrogens (tertiary/aromatic N) is 4. The summed E-state index contributed by atoms with van der Waals surface area (Å²) in [5, 5.41) is 4.89. The van der Waals surface area contributed by atoms with Gasteiger partial charge >= 0.3 is 0 Å². The molecule has 7 heteroatoms. The van der Waals surface area contributed by atoms with Gasteiger partial charge < -0.3 is 18.9 Å². The molecule has 2 saturated heterocycles. The molecule has 1 spiro atoms. The van der Waals surface area contributed by atoms with E-state index in [1.54, 1.807) is 0 Å². The highest BCUT2D eigenvalue weighted by atomic mass is 16.6. The second kappa shape index (κ2) is 4.64. The van der Waals surface area contributed by atoms with E-state index in [9.17, 15) is 0 Å². The monoisotopic (exact) mass is 290 g/mol. The summed E-state index contributed by atoms with van der Waals surface area (Å²) < 4.78 is 17.0. The third-order valence-electron chi connectivity index (χ3n) is 4.20. The van der Waals surface area contributed by atoms with Crippen molar-refractivity contribution in [3.05, 3.63) is 12.0 Å². The number of fused-ring (bicyclic) bond motifs is 1. The van der Waals surface area contributed by atoms with Crippen LogP contribution >= 0.6 is 0 Å². The molecule has 2 atom stereocenters. The first-order chi connectivity index (χ1) is 10.2. The Bertz CT molecular complexity index is 665. The van der Waals surface area contributed by atoms with E-state index in [1.165, 1.54) is 6.33 Å². The zero-order chi connectivity index (χ0) is 14.4. The van der Waals surface area contributed by atoms with Crippen molar-refractivity contribution in [1.82, 2.24) is 15.1 Å². The highest BCUT2D eigenvalue weighted by Crippen LogP contribution is 2.34. The lowest BCUT2D eigenvalue weighted by atomic mass is 9.99. The zero-order valence-electron chi connectivity index (χ0n) is 12.2. The lowest BCUT2D eigenvalue weighted by Gasteiger charge is -2.43. The number of ether oxygens (including phenoxy) is 2. The fourth-order valence-electron chi connectivity index (χ4n) is 3.34. The van der Waals surface area contributed by atoms with Crippen molar-refractivity contribution < 1.29 is 14.0 Å². The fourth-order valence-corrected chi connectivity index (χ4v) is 3.34.